The minimum Gasteiger partial charge on any atom is -0.329 e. The van der Waals surface area contributed by atoms with Crippen LogP contribution in [0.25, 0.3) is 0 Å². The second-order valence-electron chi connectivity index (χ2n) is 9.90. The van der Waals surface area contributed by atoms with E-state index < -0.39 is 0 Å². The Bertz CT molecular complexity index is 1190. The van der Waals surface area contributed by atoms with Gasteiger partial charge in [0.05, 0.1) is 22.8 Å². The Hall–Kier alpha value is -4.05. The van der Waals surface area contributed by atoms with Gasteiger partial charge < -0.3 is 11.5 Å². The summed E-state index contributed by atoms with van der Waals surface area (Å²) in [4.78, 5) is 22.9. The van der Waals surface area contributed by atoms with E-state index in [-0.39, 0.29) is 0 Å². The molecule has 0 aliphatic carbocycles. The molecule has 5 aromatic rings. The second-order valence-corrected chi connectivity index (χ2v) is 10.2. The van der Waals surface area contributed by atoms with E-state index in [1.807, 2.05) is 104 Å². The van der Waals surface area contributed by atoms with Gasteiger partial charge in [0, 0.05) is 83.0 Å². The molecule has 0 aliphatic rings. The van der Waals surface area contributed by atoms with Crippen molar-refractivity contribution in [1.82, 2.24) is 29.7 Å². The second kappa shape index (κ2) is 21.6. The van der Waals surface area contributed by atoms with E-state index in [1.165, 1.54) is 5.56 Å². The first kappa shape index (κ1) is 34.4. The lowest BCUT2D eigenvalue weighted by molar-refractivity contribution is 0.178. The van der Waals surface area contributed by atoms with Crippen molar-refractivity contribution in [3.8, 4) is 0 Å². The summed E-state index contributed by atoms with van der Waals surface area (Å²) in [6.45, 7) is 6.06. The van der Waals surface area contributed by atoms with Gasteiger partial charge in [-0.3, -0.25) is 29.7 Å². The van der Waals surface area contributed by atoms with Crippen LogP contribution in [0.15, 0.2) is 128 Å². The number of rotatable bonds is 13. The van der Waals surface area contributed by atoms with E-state index in [1.54, 1.807) is 0 Å². The molecule has 0 radical (unpaired) electrons. The first-order valence-corrected chi connectivity index (χ1v) is 15.3. The number of nitrogens with two attached hydrogens (primary N) is 2. The molecule has 0 spiro atoms. The molecule has 0 atom stereocenters. The van der Waals surface area contributed by atoms with Gasteiger partial charge in [-0.25, -0.2) is 0 Å². The number of halogens is 1. The van der Waals surface area contributed by atoms with Crippen LogP contribution in [-0.4, -0.2) is 55.9 Å². The van der Waals surface area contributed by atoms with E-state index in [9.17, 15) is 0 Å². The summed E-state index contributed by atoms with van der Waals surface area (Å²) in [5, 5.41) is 0. The highest BCUT2D eigenvalue weighted by molar-refractivity contribution is 6.17. The minimum absolute atomic E-state index is 0.597. The zero-order valence-electron chi connectivity index (χ0n) is 25.2. The van der Waals surface area contributed by atoms with Crippen LogP contribution in [-0.2, 0) is 32.1 Å². The Labute approximate surface area is 266 Å². The number of hydrogen-bond acceptors (Lipinski definition) is 8. The fourth-order valence-electron chi connectivity index (χ4n) is 4.16. The minimum atomic E-state index is 0.597. The topological polar surface area (TPSA) is 110 Å². The van der Waals surface area contributed by atoms with Crippen molar-refractivity contribution in [2.45, 2.75) is 32.1 Å². The molecule has 5 rings (SSSR count). The van der Waals surface area contributed by atoms with Gasteiger partial charge in [0.2, 0.25) is 0 Å². The fraction of sp³-hybridized carbons (Fsp3) is 0.257. The highest BCUT2D eigenvalue weighted by Crippen LogP contribution is 2.11. The van der Waals surface area contributed by atoms with Crippen LogP contribution in [0.2, 0.25) is 0 Å². The third-order valence-electron chi connectivity index (χ3n) is 6.34. The van der Waals surface area contributed by atoms with Gasteiger partial charge in [-0.05, 0) is 54.1 Å². The Kier molecular flexibility index (Phi) is 16.9. The van der Waals surface area contributed by atoms with E-state index >= 15 is 0 Å². The van der Waals surface area contributed by atoms with E-state index in [0.29, 0.717) is 19.0 Å². The Morgan fingerprint density at radius 3 is 1.00 bits per heavy atom. The maximum atomic E-state index is 5.53. The van der Waals surface area contributed by atoms with Crippen molar-refractivity contribution in [3.63, 3.8) is 0 Å². The van der Waals surface area contributed by atoms with E-state index in [0.717, 1.165) is 62.0 Å². The summed E-state index contributed by atoms with van der Waals surface area (Å²) in [5.41, 5.74) is 15.2. The maximum Gasteiger partial charge on any atom is 0.0544 e. The molecule has 44 heavy (non-hydrogen) atoms. The van der Waals surface area contributed by atoms with Crippen LogP contribution in [0.3, 0.4) is 0 Å². The Balaban J connectivity index is 0.000000370. The fourth-order valence-corrected chi connectivity index (χ4v) is 4.34. The Morgan fingerprint density at radius 2 is 0.773 bits per heavy atom. The molecule has 0 fully saturated rings. The lowest BCUT2D eigenvalue weighted by Gasteiger charge is -2.27. The van der Waals surface area contributed by atoms with Crippen LogP contribution in [0, 0.1) is 0 Å². The molecule has 0 saturated carbocycles. The van der Waals surface area contributed by atoms with Crippen molar-refractivity contribution in [2.75, 3.05) is 26.2 Å². The van der Waals surface area contributed by atoms with Crippen LogP contribution < -0.4 is 11.5 Å². The van der Waals surface area contributed by atoms with Gasteiger partial charge in [-0.15, -0.1) is 11.6 Å². The predicted octanol–water partition coefficient (Wildman–Crippen LogP) is 5.30. The lowest BCUT2D eigenvalue weighted by atomic mass is 10.2. The van der Waals surface area contributed by atoms with Crippen molar-refractivity contribution in [1.29, 1.82) is 0 Å². The number of aromatic nitrogens is 4. The predicted molar refractivity (Wildman–Crippen MR) is 179 cm³/mol. The van der Waals surface area contributed by atoms with Gasteiger partial charge in [0.1, 0.15) is 0 Å². The van der Waals surface area contributed by atoms with Crippen LogP contribution in [0.1, 0.15) is 28.3 Å². The normalized spacial score (nSPS) is 10.5. The van der Waals surface area contributed by atoms with Crippen molar-refractivity contribution >= 4 is 11.6 Å². The summed E-state index contributed by atoms with van der Waals surface area (Å²) >= 11 is 5.53. The van der Waals surface area contributed by atoms with Crippen molar-refractivity contribution in [2.24, 2.45) is 11.5 Å². The third kappa shape index (κ3) is 14.4. The van der Waals surface area contributed by atoms with Gasteiger partial charge in [-0.2, -0.15) is 0 Å². The molecule has 0 amide bonds. The molecule has 0 aliphatic heterocycles. The first-order valence-electron chi connectivity index (χ1n) is 14.7. The molecule has 9 heteroatoms. The van der Waals surface area contributed by atoms with Crippen LogP contribution >= 0.6 is 11.6 Å². The average Bonchev–Trinajstić information content (AvgIpc) is 3.09. The zero-order valence-corrected chi connectivity index (χ0v) is 26.0. The van der Waals surface area contributed by atoms with Gasteiger partial charge in [0.15, 0.2) is 0 Å². The molecule has 1 aromatic carbocycles. The summed E-state index contributed by atoms with van der Waals surface area (Å²) in [6, 6.07) is 34.2. The summed E-state index contributed by atoms with van der Waals surface area (Å²) in [7, 11) is 0. The molecule has 8 nitrogen and oxygen atoms in total. The largest absolute Gasteiger partial charge is 0.329 e. The smallest absolute Gasteiger partial charge is 0.0544 e. The maximum absolute atomic E-state index is 5.53. The lowest BCUT2D eigenvalue weighted by Crippen LogP contribution is -2.35. The molecular weight excluding hydrogens is 568 g/mol. The monoisotopic (exact) mass is 610 g/mol. The standard InChI is InChI=1S/C26H28N6.C7H7Cl.C2H8N2/c1-5-13-27-23(9-1)19-31(20-24-10-2-6-14-28-24)17-18-32(21-25-11-3-7-15-29-25)22-26-12-4-8-16-30-26;8-6-7-4-2-1-3-5-7;3-1-2-4/h1-16H,17-22H2;1-5H,6H2;1-4H2. The SMILES string of the molecule is ClCc1ccccc1.NCCN.c1ccc(CN(CCN(Cc2ccccn2)Cc2ccccn2)Cc2ccccn2)nc1. The molecule has 0 unspecified atom stereocenters. The number of nitrogens with zero attached hydrogens (tertiary/aromatic N) is 6. The third-order valence-corrected chi connectivity index (χ3v) is 6.65. The molecule has 4 aromatic heterocycles. The molecular formula is C35H43ClN8. The Morgan fingerprint density at radius 1 is 0.455 bits per heavy atom. The molecule has 4 heterocycles. The molecule has 4 N–H and O–H groups in total. The number of alkyl halides is 1. The summed E-state index contributed by atoms with van der Waals surface area (Å²) in [5.74, 6) is 0.612. The molecule has 0 saturated heterocycles. The highest BCUT2D eigenvalue weighted by Gasteiger charge is 2.14. The van der Waals surface area contributed by atoms with E-state index in [2.05, 4.69) is 54.0 Å². The van der Waals surface area contributed by atoms with Gasteiger partial charge in [-0.1, -0.05) is 54.6 Å². The quantitative estimate of drug-likeness (QED) is 0.173. The van der Waals surface area contributed by atoms with Crippen LogP contribution in [0.5, 0.6) is 0 Å². The number of hydrogen-bond donors (Lipinski definition) is 2. The van der Waals surface area contributed by atoms with Gasteiger partial charge in [0.25, 0.3) is 0 Å². The molecule has 230 valence electrons. The van der Waals surface area contributed by atoms with E-state index in [4.69, 9.17) is 23.1 Å². The average molecular weight is 611 g/mol. The molecule has 0 bridgehead atoms. The van der Waals surface area contributed by atoms with Crippen LogP contribution in [0.4, 0.5) is 0 Å². The highest BCUT2D eigenvalue weighted by atomic mass is 35.5. The summed E-state index contributed by atoms with van der Waals surface area (Å²) in [6.07, 6.45) is 7.40. The first-order chi connectivity index (χ1) is 21.7. The number of pyridine rings is 4. The van der Waals surface area contributed by atoms with Crippen molar-refractivity contribution < 1.29 is 0 Å². The zero-order chi connectivity index (χ0) is 31.1. The number of benzene rings is 1. The summed E-state index contributed by atoms with van der Waals surface area (Å²) < 4.78 is 0. The van der Waals surface area contributed by atoms with Crippen molar-refractivity contribution in [3.05, 3.63) is 156 Å². The van der Waals surface area contributed by atoms with Gasteiger partial charge >= 0.3 is 0 Å².